The molecule has 2 atom stereocenters. The number of carboxylic acids is 1. The van der Waals surface area contributed by atoms with E-state index in [9.17, 15) is 13.2 Å². The van der Waals surface area contributed by atoms with Gasteiger partial charge in [0.25, 0.3) is 10.2 Å². The van der Waals surface area contributed by atoms with E-state index in [1.54, 1.807) is 6.92 Å². The van der Waals surface area contributed by atoms with E-state index in [1.165, 1.54) is 6.92 Å². The number of hydrogen-bond donors (Lipinski definition) is 4. The van der Waals surface area contributed by atoms with Crippen LogP contribution in [0.15, 0.2) is 0 Å². The lowest BCUT2D eigenvalue weighted by Crippen LogP contribution is -2.51. The first-order chi connectivity index (χ1) is 6.80. The van der Waals surface area contributed by atoms with Gasteiger partial charge in [-0.2, -0.15) is 13.1 Å². The van der Waals surface area contributed by atoms with Crippen molar-refractivity contribution in [3.05, 3.63) is 0 Å². The van der Waals surface area contributed by atoms with Gasteiger partial charge in [-0.05, 0) is 13.3 Å². The fourth-order valence-corrected chi connectivity index (χ4v) is 1.99. The van der Waals surface area contributed by atoms with Crippen molar-refractivity contribution in [1.29, 1.82) is 0 Å². The Bertz CT molecular complexity index is 301. The largest absolute Gasteiger partial charge is 0.480 e. The van der Waals surface area contributed by atoms with Gasteiger partial charge in [0.1, 0.15) is 6.04 Å². The highest BCUT2D eigenvalue weighted by Crippen LogP contribution is 1.95. The lowest BCUT2D eigenvalue weighted by Gasteiger charge is -2.17. The summed E-state index contributed by atoms with van der Waals surface area (Å²) in [5, 5.41) is 17.7. The Morgan fingerprint density at radius 2 is 2.00 bits per heavy atom. The molecule has 0 aromatic heterocycles. The van der Waals surface area contributed by atoms with Crippen molar-refractivity contribution in [2.75, 3.05) is 6.54 Å². The number of aliphatic hydroxyl groups excluding tert-OH is 1. The molecule has 0 aliphatic rings. The average Bonchev–Trinajstić information content (AvgIpc) is 2.10. The summed E-state index contributed by atoms with van der Waals surface area (Å²) >= 11 is 0. The van der Waals surface area contributed by atoms with Gasteiger partial charge in [0.2, 0.25) is 0 Å². The lowest BCUT2D eigenvalue weighted by molar-refractivity contribution is -0.141. The second-order valence-electron chi connectivity index (χ2n) is 3.07. The van der Waals surface area contributed by atoms with Gasteiger partial charge in [0.15, 0.2) is 0 Å². The maximum Gasteiger partial charge on any atom is 0.324 e. The number of nitrogens with one attached hydrogen (secondary N) is 2. The van der Waals surface area contributed by atoms with E-state index in [0.29, 0.717) is 6.42 Å². The first-order valence-corrected chi connectivity index (χ1v) is 5.96. The van der Waals surface area contributed by atoms with E-state index in [-0.39, 0.29) is 6.54 Å². The minimum atomic E-state index is -3.87. The van der Waals surface area contributed by atoms with Crippen LogP contribution in [0.25, 0.3) is 0 Å². The Balaban J connectivity index is 4.46. The standard InChI is InChI=1S/C7H16N2O5S/c1-3-4-8-15(13,14)9-6(5(2)10)7(11)12/h5-6,8-10H,3-4H2,1-2H3,(H,11,12). The van der Waals surface area contributed by atoms with Gasteiger partial charge in [-0.1, -0.05) is 6.92 Å². The van der Waals surface area contributed by atoms with Gasteiger partial charge < -0.3 is 10.2 Å². The normalized spacial score (nSPS) is 15.9. The van der Waals surface area contributed by atoms with E-state index >= 15 is 0 Å². The number of hydrogen-bond acceptors (Lipinski definition) is 4. The number of carboxylic acid groups (broad SMARTS) is 1. The summed E-state index contributed by atoms with van der Waals surface area (Å²) in [6.45, 7) is 3.18. The van der Waals surface area contributed by atoms with Crippen LogP contribution in [0.4, 0.5) is 0 Å². The average molecular weight is 240 g/mol. The summed E-state index contributed by atoms with van der Waals surface area (Å²) < 4.78 is 26.4. The third-order valence-corrected chi connectivity index (χ3v) is 2.72. The molecule has 0 aliphatic heterocycles. The second-order valence-corrected chi connectivity index (χ2v) is 4.60. The molecule has 0 rings (SSSR count). The summed E-state index contributed by atoms with van der Waals surface area (Å²) in [6, 6.07) is -1.54. The number of carbonyl (C=O) groups is 1. The molecule has 0 aromatic carbocycles. The first-order valence-electron chi connectivity index (χ1n) is 4.48. The molecule has 0 aliphatic carbocycles. The van der Waals surface area contributed by atoms with Crippen molar-refractivity contribution in [3.8, 4) is 0 Å². The highest BCUT2D eigenvalue weighted by molar-refractivity contribution is 7.87. The first kappa shape index (κ1) is 14.3. The minimum absolute atomic E-state index is 0.210. The van der Waals surface area contributed by atoms with Crippen molar-refractivity contribution >= 4 is 16.2 Å². The van der Waals surface area contributed by atoms with Crippen LogP contribution in [0.3, 0.4) is 0 Å². The summed E-state index contributed by atoms with van der Waals surface area (Å²) in [6.07, 6.45) is -0.714. The zero-order valence-corrected chi connectivity index (χ0v) is 9.41. The molecule has 90 valence electrons. The fourth-order valence-electron chi connectivity index (χ4n) is 0.800. The van der Waals surface area contributed by atoms with Crippen molar-refractivity contribution in [2.24, 2.45) is 0 Å². The summed E-state index contributed by atoms with van der Waals surface area (Å²) in [7, 11) is -3.87. The molecule has 8 heteroatoms. The maximum atomic E-state index is 11.2. The highest BCUT2D eigenvalue weighted by atomic mass is 32.2. The van der Waals surface area contributed by atoms with Crippen LogP contribution in [0.2, 0.25) is 0 Å². The summed E-state index contributed by atoms with van der Waals surface area (Å²) in [5.41, 5.74) is 0. The zero-order valence-electron chi connectivity index (χ0n) is 8.60. The van der Waals surface area contributed by atoms with E-state index < -0.39 is 28.3 Å². The number of aliphatic hydroxyl groups is 1. The Labute approximate surface area is 88.7 Å². The Kier molecular flexibility index (Phi) is 5.73. The fraction of sp³-hybridized carbons (Fsp3) is 0.857. The summed E-state index contributed by atoms with van der Waals surface area (Å²) in [5.74, 6) is -1.42. The highest BCUT2D eigenvalue weighted by Gasteiger charge is 2.27. The molecule has 4 N–H and O–H groups in total. The van der Waals surface area contributed by atoms with Crippen molar-refractivity contribution in [2.45, 2.75) is 32.4 Å². The maximum absolute atomic E-state index is 11.2. The molecule has 0 spiro atoms. The zero-order chi connectivity index (χ0) is 12.1. The molecule has 0 saturated carbocycles. The van der Waals surface area contributed by atoms with Gasteiger partial charge in [-0.3, -0.25) is 4.79 Å². The van der Waals surface area contributed by atoms with E-state index in [1.807, 2.05) is 4.72 Å². The van der Waals surface area contributed by atoms with E-state index in [0.717, 1.165) is 0 Å². The molecule has 0 fully saturated rings. The van der Waals surface area contributed by atoms with Crippen LogP contribution in [-0.4, -0.2) is 43.3 Å². The van der Waals surface area contributed by atoms with Gasteiger partial charge in [0, 0.05) is 6.54 Å². The third kappa shape index (κ3) is 5.67. The quantitative estimate of drug-likeness (QED) is 0.439. The number of aliphatic carboxylic acids is 1. The van der Waals surface area contributed by atoms with Crippen molar-refractivity contribution < 1.29 is 23.4 Å². The molecule has 7 nitrogen and oxygen atoms in total. The molecule has 0 bridgehead atoms. The van der Waals surface area contributed by atoms with Gasteiger partial charge in [-0.15, -0.1) is 0 Å². The molecule has 2 unspecified atom stereocenters. The third-order valence-electron chi connectivity index (χ3n) is 1.57. The van der Waals surface area contributed by atoms with Crippen LogP contribution in [-0.2, 0) is 15.0 Å². The monoisotopic (exact) mass is 240 g/mol. The lowest BCUT2D eigenvalue weighted by atomic mass is 10.2. The van der Waals surface area contributed by atoms with Crippen LogP contribution in [0.5, 0.6) is 0 Å². The van der Waals surface area contributed by atoms with Crippen LogP contribution in [0.1, 0.15) is 20.3 Å². The summed E-state index contributed by atoms with van der Waals surface area (Å²) in [4.78, 5) is 10.6. The molecule has 15 heavy (non-hydrogen) atoms. The van der Waals surface area contributed by atoms with Gasteiger partial charge in [0.05, 0.1) is 6.10 Å². The minimum Gasteiger partial charge on any atom is -0.480 e. The Morgan fingerprint density at radius 3 is 2.33 bits per heavy atom. The smallest absolute Gasteiger partial charge is 0.324 e. The topological polar surface area (TPSA) is 116 Å². The predicted molar refractivity (Wildman–Crippen MR) is 53.5 cm³/mol. The van der Waals surface area contributed by atoms with E-state index in [4.69, 9.17) is 10.2 Å². The molecular formula is C7H16N2O5S. The van der Waals surface area contributed by atoms with E-state index in [2.05, 4.69) is 4.72 Å². The van der Waals surface area contributed by atoms with Crippen molar-refractivity contribution in [3.63, 3.8) is 0 Å². The predicted octanol–water partition coefficient (Wildman–Crippen LogP) is -1.35. The van der Waals surface area contributed by atoms with Crippen LogP contribution in [0, 0.1) is 0 Å². The SMILES string of the molecule is CCCNS(=O)(=O)NC(C(=O)O)C(C)O. The molecule has 0 amide bonds. The molecule has 0 radical (unpaired) electrons. The molecule has 0 saturated heterocycles. The Hall–Kier alpha value is -0.700. The van der Waals surface area contributed by atoms with Crippen molar-refractivity contribution in [1.82, 2.24) is 9.44 Å². The van der Waals surface area contributed by atoms with Gasteiger partial charge >= 0.3 is 5.97 Å². The molecule has 0 heterocycles. The van der Waals surface area contributed by atoms with Crippen LogP contribution >= 0.6 is 0 Å². The van der Waals surface area contributed by atoms with Gasteiger partial charge in [-0.25, -0.2) is 4.72 Å². The second kappa shape index (κ2) is 6.01. The Morgan fingerprint density at radius 1 is 1.47 bits per heavy atom. The number of rotatable bonds is 7. The van der Waals surface area contributed by atoms with Crippen LogP contribution < -0.4 is 9.44 Å². The molecular weight excluding hydrogens is 224 g/mol. The molecule has 0 aromatic rings.